The predicted octanol–water partition coefficient (Wildman–Crippen LogP) is 2.69. The van der Waals surface area contributed by atoms with Gasteiger partial charge in [-0.25, -0.2) is 0 Å². The van der Waals surface area contributed by atoms with Gasteiger partial charge in [-0.3, -0.25) is 0 Å². The normalized spacial score (nSPS) is 25.5. The fourth-order valence-electron chi connectivity index (χ4n) is 4.27. The van der Waals surface area contributed by atoms with Crippen molar-refractivity contribution in [2.75, 3.05) is 40.3 Å². The third kappa shape index (κ3) is 2.29. The van der Waals surface area contributed by atoms with E-state index in [1.54, 1.807) is 5.56 Å². The van der Waals surface area contributed by atoms with Gasteiger partial charge in [0, 0.05) is 48.7 Å². The number of aryl methyl sites for hydroxylation is 1. The number of hydrogen-bond donors (Lipinski definition) is 1. The van der Waals surface area contributed by atoms with Gasteiger partial charge in [0.05, 0.1) is 0 Å². The molecule has 1 aliphatic carbocycles. The first-order valence-electron chi connectivity index (χ1n) is 8.19. The first-order valence-corrected chi connectivity index (χ1v) is 8.19. The van der Waals surface area contributed by atoms with Crippen molar-refractivity contribution >= 4 is 10.9 Å². The monoisotopic (exact) mass is 283 g/mol. The fourth-order valence-corrected chi connectivity index (χ4v) is 4.27. The summed E-state index contributed by atoms with van der Waals surface area (Å²) in [5, 5.41) is 1.47. The van der Waals surface area contributed by atoms with Crippen LogP contribution in [0.4, 0.5) is 0 Å². The smallest absolute Gasteiger partial charge is 0.0459 e. The van der Waals surface area contributed by atoms with Gasteiger partial charge in [0.2, 0.25) is 0 Å². The Kier molecular flexibility index (Phi) is 3.27. The molecular formula is C18H25N3. The number of benzene rings is 1. The van der Waals surface area contributed by atoms with Crippen LogP contribution in [-0.2, 0) is 6.42 Å². The molecule has 0 saturated carbocycles. The van der Waals surface area contributed by atoms with Crippen LogP contribution in [0, 0.1) is 5.92 Å². The van der Waals surface area contributed by atoms with Crippen molar-refractivity contribution in [2.45, 2.75) is 18.8 Å². The van der Waals surface area contributed by atoms with Crippen molar-refractivity contribution in [1.29, 1.82) is 0 Å². The molecule has 0 amide bonds. The minimum Gasteiger partial charge on any atom is -0.358 e. The zero-order valence-electron chi connectivity index (χ0n) is 13.1. The highest BCUT2D eigenvalue weighted by Gasteiger charge is 2.38. The van der Waals surface area contributed by atoms with E-state index in [2.05, 4.69) is 53.1 Å². The van der Waals surface area contributed by atoms with E-state index in [1.807, 2.05) is 0 Å². The van der Waals surface area contributed by atoms with E-state index in [9.17, 15) is 0 Å². The number of rotatable bonds is 3. The molecule has 1 aromatic heterocycles. The first kappa shape index (κ1) is 13.4. The van der Waals surface area contributed by atoms with Crippen LogP contribution in [0.2, 0.25) is 0 Å². The molecule has 1 N–H and O–H groups in total. The Hall–Kier alpha value is -1.32. The molecule has 4 rings (SSSR count). The highest BCUT2D eigenvalue weighted by Crippen LogP contribution is 2.44. The van der Waals surface area contributed by atoms with Crippen LogP contribution >= 0.6 is 0 Å². The largest absolute Gasteiger partial charge is 0.358 e. The van der Waals surface area contributed by atoms with Crippen LogP contribution in [-0.4, -0.2) is 55.1 Å². The Labute approximate surface area is 126 Å². The lowest BCUT2D eigenvalue weighted by Crippen LogP contribution is -2.30. The van der Waals surface area contributed by atoms with E-state index >= 15 is 0 Å². The summed E-state index contributed by atoms with van der Waals surface area (Å²) in [6.45, 7) is 4.91. The molecule has 1 saturated heterocycles. The van der Waals surface area contributed by atoms with Gasteiger partial charge in [-0.15, -0.1) is 0 Å². The summed E-state index contributed by atoms with van der Waals surface area (Å²) in [5.74, 6) is 1.60. The summed E-state index contributed by atoms with van der Waals surface area (Å²) >= 11 is 0. The zero-order chi connectivity index (χ0) is 14.4. The average Bonchev–Trinajstić information content (AvgIpc) is 3.04. The van der Waals surface area contributed by atoms with Crippen LogP contribution in [0.5, 0.6) is 0 Å². The summed E-state index contributed by atoms with van der Waals surface area (Å²) in [7, 11) is 4.34. The number of fused-ring (bicyclic) bond motifs is 5. The van der Waals surface area contributed by atoms with Gasteiger partial charge < -0.3 is 14.8 Å². The van der Waals surface area contributed by atoms with Gasteiger partial charge in [0.1, 0.15) is 0 Å². The van der Waals surface area contributed by atoms with Crippen molar-refractivity contribution in [3.63, 3.8) is 0 Å². The van der Waals surface area contributed by atoms with Gasteiger partial charge in [-0.05, 0) is 44.5 Å². The maximum atomic E-state index is 3.67. The summed E-state index contributed by atoms with van der Waals surface area (Å²) in [4.78, 5) is 8.63. The number of aromatic amines is 1. The molecular weight excluding hydrogens is 258 g/mol. The second-order valence-electron chi connectivity index (χ2n) is 7.03. The molecule has 2 heterocycles. The van der Waals surface area contributed by atoms with E-state index in [-0.39, 0.29) is 0 Å². The fraction of sp³-hybridized carbons (Fsp3) is 0.556. The van der Waals surface area contributed by atoms with E-state index in [1.165, 1.54) is 55.6 Å². The molecule has 3 heteroatoms. The van der Waals surface area contributed by atoms with Crippen LogP contribution < -0.4 is 0 Å². The minimum absolute atomic E-state index is 0.743. The van der Waals surface area contributed by atoms with E-state index in [0.29, 0.717) is 0 Å². The van der Waals surface area contributed by atoms with Crippen LogP contribution in [0.1, 0.15) is 23.6 Å². The molecule has 112 valence electrons. The van der Waals surface area contributed by atoms with Gasteiger partial charge in [0.25, 0.3) is 0 Å². The first-order chi connectivity index (χ1) is 10.2. The molecule has 1 aliphatic heterocycles. The lowest BCUT2D eigenvalue weighted by atomic mass is 9.79. The number of para-hydroxylation sites is 1. The quantitative estimate of drug-likeness (QED) is 0.935. The third-order valence-corrected chi connectivity index (χ3v) is 5.34. The predicted molar refractivity (Wildman–Crippen MR) is 87.8 cm³/mol. The average molecular weight is 283 g/mol. The molecule has 3 nitrogen and oxygen atoms in total. The van der Waals surface area contributed by atoms with Gasteiger partial charge >= 0.3 is 0 Å². The summed E-state index contributed by atoms with van der Waals surface area (Å²) in [5.41, 5.74) is 4.47. The van der Waals surface area contributed by atoms with Crippen molar-refractivity contribution in [3.8, 4) is 0 Å². The number of aromatic nitrogens is 1. The lowest BCUT2D eigenvalue weighted by Gasteiger charge is -2.24. The standard InChI is InChI=1S/C18H25N3/c1-20(2)9-10-21-11-13-7-8-17-18(15(13)12-21)14-5-3-4-6-16(14)19-17/h3-6,13,15,19H,7-12H2,1-2H3/t13-,15-/m0/s1. The lowest BCUT2D eigenvalue weighted by molar-refractivity contribution is 0.274. The Morgan fingerprint density at radius 1 is 1.24 bits per heavy atom. The van der Waals surface area contributed by atoms with Crippen LogP contribution in [0.25, 0.3) is 10.9 Å². The number of nitrogens with zero attached hydrogens (tertiary/aromatic N) is 2. The molecule has 2 aliphatic rings. The Balaban J connectivity index is 1.63. The molecule has 0 radical (unpaired) electrons. The van der Waals surface area contributed by atoms with Gasteiger partial charge in [0.15, 0.2) is 0 Å². The number of likely N-dealkylation sites (N-methyl/N-ethyl adjacent to an activating group) is 1. The van der Waals surface area contributed by atoms with Gasteiger partial charge in [-0.1, -0.05) is 18.2 Å². The molecule has 1 aromatic carbocycles. The van der Waals surface area contributed by atoms with Crippen LogP contribution in [0.15, 0.2) is 24.3 Å². The van der Waals surface area contributed by atoms with Crippen molar-refractivity contribution < 1.29 is 0 Å². The second-order valence-corrected chi connectivity index (χ2v) is 7.03. The third-order valence-electron chi connectivity index (χ3n) is 5.34. The maximum Gasteiger partial charge on any atom is 0.0459 e. The summed E-state index contributed by atoms with van der Waals surface area (Å²) < 4.78 is 0. The van der Waals surface area contributed by atoms with Crippen molar-refractivity contribution in [2.24, 2.45) is 5.92 Å². The number of likely N-dealkylation sites (tertiary alicyclic amines) is 1. The SMILES string of the molecule is CN(C)CCN1C[C@@H]2CCc3[nH]c4ccccc4c3[C@H]2C1. The summed E-state index contributed by atoms with van der Waals surface area (Å²) in [6, 6.07) is 8.84. The number of hydrogen-bond acceptors (Lipinski definition) is 2. The minimum atomic E-state index is 0.743. The number of nitrogens with one attached hydrogen (secondary N) is 1. The molecule has 21 heavy (non-hydrogen) atoms. The highest BCUT2D eigenvalue weighted by molar-refractivity contribution is 5.85. The molecule has 0 spiro atoms. The van der Waals surface area contributed by atoms with Crippen LogP contribution in [0.3, 0.4) is 0 Å². The maximum absolute atomic E-state index is 3.67. The van der Waals surface area contributed by atoms with E-state index in [0.717, 1.165) is 11.8 Å². The van der Waals surface area contributed by atoms with Crippen molar-refractivity contribution in [3.05, 3.63) is 35.5 Å². The molecule has 0 bridgehead atoms. The Morgan fingerprint density at radius 2 is 2.10 bits per heavy atom. The summed E-state index contributed by atoms with van der Waals surface area (Å²) in [6.07, 6.45) is 2.58. The topological polar surface area (TPSA) is 22.3 Å². The second kappa shape index (κ2) is 5.15. The molecule has 0 unspecified atom stereocenters. The van der Waals surface area contributed by atoms with E-state index in [4.69, 9.17) is 0 Å². The van der Waals surface area contributed by atoms with Crippen molar-refractivity contribution in [1.82, 2.24) is 14.8 Å². The molecule has 1 fully saturated rings. The highest BCUT2D eigenvalue weighted by atomic mass is 15.2. The Bertz CT molecular complexity index is 643. The van der Waals surface area contributed by atoms with Gasteiger partial charge in [-0.2, -0.15) is 0 Å². The Morgan fingerprint density at radius 3 is 2.95 bits per heavy atom. The zero-order valence-corrected chi connectivity index (χ0v) is 13.1. The molecule has 2 atom stereocenters. The number of H-pyrrole nitrogens is 1. The molecule has 2 aromatic rings. The van der Waals surface area contributed by atoms with E-state index < -0.39 is 0 Å².